The van der Waals surface area contributed by atoms with Crippen molar-refractivity contribution in [2.24, 2.45) is 0 Å². The highest BCUT2D eigenvalue weighted by atomic mass is 17.3. The maximum absolute atomic E-state index is 4.82. The minimum absolute atomic E-state index is 0.656. The van der Waals surface area contributed by atoms with Crippen molar-refractivity contribution < 1.29 is 19.4 Å². The summed E-state index contributed by atoms with van der Waals surface area (Å²) in [5.74, 6) is 0. The lowest BCUT2D eigenvalue weighted by molar-refractivity contribution is -0.254. The molecule has 0 radical (unpaired) electrons. The van der Waals surface area contributed by atoms with Gasteiger partial charge in [0.25, 0.3) is 0 Å². The average molecular weight is 182 g/mol. The fourth-order valence-electron chi connectivity index (χ4n) is 0.912. The van der Waals surface area contributed by atoms with E-state index in [4.69, 9.17) is 9.61 Å². The Bertz CT molecular complexity index is 223. The molecule has 0 unspecified atom stereocenters. The maximum atomic E-state index is 4.82. The van der Waals surface area contributed by atoms with Gasteiger partial charge in [-0.1, -0.05) is 30.3 Å². The van der Waals surface area contributed by atoms with Crippen molar-refractivity contribution in [1.82, 2.24) is 0 Å². The molecule has 0 aliphatic rings. The predicted octanol–water partition coefficient (Wildman–Crippen LogP) is 0.538. The minimum atomic E-state index is -0.656. The normalized spacial score (nSPS) is 10.0. The Morgan fingerprint density at radius 1 is 0.923 bits per heavy atom. The van der Waals surface area contributed by atoms with E-state index in [9.17, 15) is 0 Å². The van der Waals surface area contributed by atoms with Gasteiger partial charge in [-0.25, -0.2) is 0 Å². The molecule has 0 aliphatic heterocycles. The fraction of sp³-hybridized carbons (Fsp3) is 0.250. The molecule has 0 saturated carbocycles. The first-order valence-electron chi connectivity index (χ1n) is 3.82. The van der Waals surface area contributed by atoms with E-state index in [0.717, 1.165) is 5.46 Å². The van der Waals surface area contributed by atoms with Crippen LogP contribution in [0.3, 0.4) is 0 Å². The van der Waals surface area contributed by atoms with E-state index >= 15 is 0 Å². The summed E-state index contributed by atoms with van der Waals surface area (Å²) in [6.07, 6.45) is 0. The highest BCUT2D eigenvalue weighted by Gasteiger charge is 2.23. The summed E-state index contributed by atoms with van der Waals surface area (Å²) in [6.45, 7) is 0. The van der Waals surface area contributed by atoms with Crippen molar-refractivity contribution in [3.05, 3.63) is 30.3 Å². The van der Waals surface area contributed by atoms with Crippen molar-refractivity contribution in [3.8, 4) is 0 Å². The molecule has 0 atom stereocenters. The molecule has 0 aromatic heterocycles. The van der Waals surface area contributed by atoms with Crippen LogP contribution in [-0.2, 0) is 19.4 Å². The second-order valence-electron chi connectivity index (χ2n) is 2.27. The van der Waals surface area contributed by atoms with Crippen molar-refractivity contribution >= 4 is 12.6 Å². The molecule has 0 heterocycles. The predicted molar refractivity (Wildman–Crippen MR) is 48.0 cm³/mol. The molecule has 4 nitrogen and oxygen atoms in total. The summed E-state index contributed by atoms with van der Waals surface area (Å²) < 4.78 is 0. The quantitative estimate of drug-likeness (QED) is 0.378. The molecule has 5 heteroatoms. The molecule has 0 saturated heterocycles. The van der Waals surface area contributed by atoms with Gasteiger partial charge >= 0.3 is 7.12 Å². The van der Waals surface area contributed by atoms with E-state index in [1.165, 1.54) is 14.2 Å². The number of hydrogen-bond donors (Lipinski definition) is 0. The standard InChI is InChI=1S/C8H11BO4/c1-10-12-9(13-11-2)8-6-4-3-5-7-8/h3-7H,1-2H3. The second-order valence-corrected chi connectivity index (χ2v) is 2.27. The lowest BCUT2D eigenvalue weighted by atomic mass is 9.80. The second kappa shape index (κ2) is 5.72. The summed E-state index contributed by atoms with van der Waals surface area (Å²) in [6, 6.07) is 9.35. The van der Waals surface area contributed by atoms with Crippen LogP contribution in [0, 0.1) is 0 Å². The molecule has 0 bridgehead atoms. The third kappa shape index (κ3) is 3.16. The maximum Gasteiger partial charge on any atom is 0.554 e. The van der Waals surface area contributed by atoms with Gasteiger partial charge in [-0.3, -0.25) is 19.4 Å². The van der Waals surface area contributed by atoms with Crippen molar-refractivity contribution in [3.63, 3.8) is 0 Å². The highest BCUT2D eigenvalue weighted by molar-refractivity contribution is 6.60. The van der Waals surface area contributed by atoms with E-state index in [-0.39, 0.29) is 0 Å². The molecule has 13 heavy (non-hydrogen) atoms. The van der Waals surface area contributed by atoms with Crippen LogP contribution in [0.15, 0.2) is 30.3 Å². The van der Waals surface area contributed by atoms with Gasteiger partial charge in [-0.05, 0) is 5.46 Å². The van der Waals surface area contributed by atoms with Crippen molar-refractivity contribution in [2.45, 2.75) is 0 Å². The molecule has 1 rings (SSSR count). The van der Waals surface area contributed by atoms with Gasteiger partial charge in [0.1, 0.15) is 0 Å². The molecule has 0 aliphatic carbocycles. The summed E-state index contributed by atoms with van der Waals surface area (Å²) in [5.41, 5.74) is 0.825. The average Bonchev–Trinajstić information content (AvgIpc) is 2.19. The smallest absolute Gasteiger partial charge is 0.256 e. The molecule has 1 aromatic carbocycles. The summed E-state index contributed by atoms with van der Waals surface area (Å²) in [5, 5.41) is 0. The largest absolute Gasteiger partial charge is 0.554 e. The summed E-state index contributed by atoms with van der Waals surface area (Å²) in [4.78, 5) is 18.7. The lowest BCUT2D eigenvalue weighted by Crippen LogP contribution is -2.36. The Hall–Kier alpha value is -0.875. The fourth-order valence-corrected chi connectivity index (χ4v) is 0.912. The van der Waals surface area contributed by atoms with Crippen LogP contribution in [0.2, 0.25) is 0 Å². The van der Waals surface area contributed by atoms with Gasteiger partial charge in [-0.2, -0.15) is 0 Å². The minimum Gasteiger partial charge on any atom is -0.256 e. The van der Waals surface area contributed by atoms with Gasteiger partial charge in [0, 0.05) is 0 Å². The zero-order valence-electron chi connectivity index (χ0n) is 7.60. The summed E-state index contributed by atoms with van der Waals surface area (Å²) >= 11 is 0. The molecule has 0 spiro atoms. The van der Waals surface area contributed by atoms with Crippen LogP contribution in [0.4, 0.5) is 0 Å². The molecule has 0 fully saturated rings. The van der Waals surface area contributed by atoms with Gasteiger partial charge < -0.3 is 0 Å². The van der Waals surface area contributed by atoms with E-state index in [1.807, 2.05) is 30.3 Å². The number of hydrogen-bond acceptors (Lipinski definition) is 4. The van der Waals surface area contributed by atoms with E-state index < -0.39 is 7.12 Å². The first kappa shape index (κ1) is 10.2. The molecule has 1 aromatic rings. The van der Waals surface area contributed by atoms with Crippen LogP contribution in [0.1, 0.15) is 0 Å². The van der Waals surface area contributed by atoms with E-state index in [2.05, 4.69) is 9.78 Å². The van der Waals surface area contributed by atoms with Gasteiger partial charge in [0.15, 0.2) is 0 Å². The van der Waals surface area contributed by atoms with E-state index in [1.54, 1.807) is 0 Å². The van der Waals surface area contributed by atoms with Crippen LogP contribution >= 0.6 is 0 Å². The molecule has 0 amide bonds. The zero-order valence-corrected chi connectivity index (χ0v) is 7.60. The molecule has 0 N–H and O–H groups in total. The van der Waals surface area contributed by atoms with Crippen LogP contribution in [0.5, 0.6) is 0 Å². The number of rotatable bonds is 5. The van der Waals surface area contributed by atoms with Gasteiger partial charge in [0.2, 0.25) is 0 Å². The molecular weight excluding hydrogens is 171 g/mol. The molecular formula is C8H11BO4. The number of benzene rings is 1. The Morgan fingerprint density at radius 3 is 1.92 bits per heavy atom. The topological polar surface area (TPSA) is 36.9 Å². The third-order valence-corrected chi connectivity index (χ3v) is 1.44. The Balaban J connectivity index is 2.64. The van der Waals surface area contributed by atoms with Crippen LogP contribution < -0.4 is 5.46 Å². The Morgan fingerprint density at radius 2 is 1.46 bits per heavy atom. The zero-order chi connectivity index (χ0) is 9.52. The SMILES string of the molecule is COOB(OOC)c1ccccc1. The van der Waals surface area contributed by atoms with Crippen molar-refractivity contribution in [1.29, 1.82) is 0 Å². The van der Waals surface area contributed by atoms with Crippen LogP contribution in [-0.4, -0.2) is 21.3 Å². The van der Waals surface area contributed by atoms with Gasteiger partial charge in [0.05, 0.1) is 14.2 Å². The Labute approximate surface area is 77.4 Å². The first-order chi connectivity index (χ1) is 6.38. The molecule has 70 valence electrons. The third-order valence-electron chi connectivity index (χ3n) is 1.44. The van der Waals surface area contributed by atoms with Crippen molar-refractivity contribution in [2.75, 3.05) is 14.2 Å². The van der Waals surface area contributed by atoms with Crippen LogP contribution in [0.25, 0.3) is 0 Å². The Kier molecular flexibility index (Phi) is 4.49. The monoisotopic (exact) mass is 182 g/mol. The van der Waals surface area contributed by atoms with Gasteiger partial charge in [-0.15, -0.1) is 0 Å². The van der Waals surface area contributed by atoms with E-state index in [0.29, 0.717) is 0 Å². The lowest BCUT2D eigenvalue weighted by Gasteiger charge is -2.09. The summed E-state index contributed by atoms with van der Waals surface area (Å²) in [7, 11) is 2.17. The first-order valence-corrected chi connectivity index (χ1v) is 3.82. The highest BCUT2D eigenvalue weighted by Crippen LogP contribution is 1.93.